The number of ether oxygens (including phenoxy) is 1. The molecule has 2 aromatic rings. The number of benzene rings is 1. The lowest BCUT2D eigenvalue weighted by atomic mass is 10.0. The van der Waals surface area contributed by atoms with E-state index in [2.05, 4.69) is 42.2 Å². The third-order valence-corrected chi connectivity index (χ3v) is 4.76. The van der Waals surface area contributed by atoms with Crippen LogP contribution in [0.15, 0.2) is 34.9 Å². The molecule has 1 fully saturated rings. The molecule has 1 N–H and O–H groups in total. The first-order valence-corrected chi connectivity index (χ1v) is 9.04. The molecular formula is C18H23BrN4O. The predicted molar refractivity (Wildman–Crippen MR) is 99.4 cm³/mol. The highest BCUT2D eigenvalue weighted by Gasteiger charge is 2.21. The number of hydrogen-bond donors (Lipinski definition) is 1. The minimum atomic E-state index is 0.374. The molecule has 1 aromatic heterocycles. The SMILES string of the molecule is COc1ccc(Br)cc1CN1CCCC(Nc2nccc(C)n2)C1. The molecule has 1 unspecified atom stereocenters. The average Bonchev–Trinajstić information content (AvgIpc) is 2.55. The summed E-state index contributed by atoms with van der Waals surface area (Å²) in [6, 6.07) is 8.45. The van der Waals surface area contributed by atoms with E-state index in [4.69, 9.17) is 4.74 Å². The summed E-state index contributed by atoms with van der Waals surface area (Å²) in [4.78, 5) is 11.2. The van der Waals surface area contributed by atoms with Gasteiger partial charge < -0.3 is 10.1 Å². The molecule has 0 bridgehead atoms. The predicted octanol–water partition coefficient (Wildman–Crippen LogP) is 3.63. The Balaban J connectivity index is 1.64. The monoisotopic (exact) mass is 390 g/mol. The van der Waals surface area contributed by atoms with Crippen molar-refractivity contribution in [2.75, 3.05) is 25.5 Å². The number of hydrogen-bond acceptors (Lipinski definition) is 5. The zero-order valence-corrected chi connectivity index (χ0v) is 15.7. The molecule has 128 valence electrons. The number of rotatable bonds is 5. The van der Waals surface area contributed by atoms with Crippen LogP contribution in [0.25, 0.3) is 0 Å². The van der Waals surface area contributed by atoms with Gasteiger partial charge in [-0.3, -0.25) is 4.90 Å². The smallest absolute Gasteiger partial charge is 0.223 e. The highest BCUT2D eigenvalue weighted by molar-refractivity contribution is 9.10. The van der Waals surface area contributed by atoms with Crippen LogP contribution in [0.4, 0.5) is 5.95 Å². The van der Waals surface area contributed by atoms with E-state index in [1.807, 2.05) is 25.1 Å². The molecule has 2 heterocycles. The van der Waals surface area contributed by atoms with Gasteiger partial charge in [-0.25, -0.2) is 9.97 Å². The van der Waals surface area contributed by atoms with Gasteiger partial charge in [-0.15, -0.1) is 0 Å². The Bertz CT molecular complexity index is 694. The average molecular weight is 391 g/mol. The lowest BCUT2D eigenvalue weighted by molar-refractivity contribution is 0.206. The Morgan fingerprint density at radius 1 is 1.38 bits per heavy atom. The van der Waals surface area contributed by atoms with E-state index in [0.29, 0.717) is 6.04 Å². The maximum atomic E-state index is 5.49. The van der Waals surface area contributed by atoms with Gasteiger partial charge >= 0.3 is 0 Å². The number of aryl methyl sites for hydroxylation is 1. The first kappa shape index (κ1) is 17.2. The van der Waals surface area contributed by atoms with Crippen molar-refractivity contribution in [1.29, 1.82) is 0 Å². The first-order valence-electron chi connectivity index (χ1n) is 8.25. The van der Waals surface area contributed by atoms with Crippen LogP contribution in [-0.2, 0) is 6.54 Å². The van der Waals surface area contributed by atoms with Gasteiger partial charge in [0.1, 0.15) is 5.75 Å². The van der Waals surface area contributed by atoms with E-state index in [1.54, 1.807) is 13.3 Å². The van der Waals surface area contributed by atoms with Crippen molar-refractivity contribution in [3.8, 4) is 5.75 Å². The lowest BCUT2D eigenvalue weighted by Crippen LogP contribution is -2.42. The van der Waals surface area contributed by atoms with E-state index in [1.165, 1.54) is 12.0 Å². The van der Waals surface area contributed by atoms with Crippen molar-refractivity contribution in [1.82, 2.24) is 14.9 Å². The number of methoxy groups -OCH3 is 1. The van der Waals surface area contributed by atoms with Gasteiger partial charge in [-0.05, 0) is 50.6 Å². The molecule has 0 amide bonds. The summed E-state index contributed by atoms with van der Waals surface area (Å²) >= 11 is 3.55. The summed E-state index contributed by atoms with van der Waals surface area (Å²) in [5, 5.41) is 3.47. The molecule has 6 heteroatoms. The zero-order valence-electron chi connectivity index (χ0n) is 14.1. The standard InChI is InChI=1S/C18H23BrN4O/c1-13-7-8-20-18(21-13)22-16-4-3-9-23(12-16)11-14-10-15(19)5-6-17(14)24-2/h5-8,10,16H,3-4,9,11-12H2,1-2H3,(H,20,21,22). The molecule has 24 heavy (non-hydrogen) atoms. The summed E-state index contributed by atoms with van der Waals surface area (Å²) in [6.07, 6.45) is 4.11. The van der Waals surface area contributed by atoms with Crippen molar-refractivity contribution in [3.63, 3.8) is 0 Å². The fraction of sp³-hybridized carbons (Fsp3) is 0.444. The number of halogens is 1. The van der Waals surface area contributed by atoms with Gasteiger partial charge in [0.2, 0.25) is 5.95 Å². The van der Waals surface area contributed by atoms with Crippen molar-refractivity contribution >= 4 is 21.9 Å². The van der Waals surface area contributed by atoms with Gasteiger partial charge in [-0.2, -0.15) is 0 Å². The summed E-state index contributed by atoms with van der Waals surface area (Å²) < 4.78 is 6.58. The van der Waals surface area contributed by atoms with Crippen LogP contribution >= 0.6 is 15.9 Å². The molecule has 1 saturated heterocycles. The van der Waals surface area contributed by atoms with Crippen LogP contribution in [0.3, 0.4) is 0 Å². The second-order valence-corrected chi connectivity index (χ2v) is 7.11. The normalized spacial score (nSPS) is 18.4. The van der Waals surface area contributed by atoms with Crippen LogP contribution in [0, 0.1) is 6.92 Å². The number of nitrogens with zero attached hydrogens (tertiary/aromatic N) is 3. The molecule has 1 aliphatic rings. The van der Waals surface area contributed by atoms with Gasteiger partial charge in [0.05, 0.1) is 7.11 Å². The second kappa shape index (κ2) is 7.94. The van der Waals surface area contributed by atoms with E-state index < -0.39 is 0 Å². The highest BCUT2D eigenvalue weighted by Crippen LogP contribution is 2.25. The van der Waals surface area contributed by atoms with Crippen LogP contribution in [0.1, 0.15) is 24.1 Å². The number of piperidine rings is 1. The van der Waals surface area contributed by atoms with Gasteiger partial charge in [-0.1, -0.05) is 15.9 Å². The zero-order chi connectivity index (χ0) is 16.9. The molecule has 5 nitrogen and oxygen atoms in total. The Morgan fingerprint density at radius 3 is 3.04 bits per heavy atom. The summed E-state index contributed by atoms with van der Waals surface area (Å²) in [5.41, 5.74) is 2.19. The molecule has 0 spiro atoms. The maximum Gasteiger partial charge on any atom is 0.223 e. The minimum Gasteiger partial charge on any atom is -0.496 e. The fourth-order valence-corrected chi connectivity index (χ4v) is 3.54. The minimum absolute atomic E-state index is 0.374. The Labute approximate surface area is 151 Å². The fourth-order valence-electron chi connectivity index (χ4n) is 3.13. The van der Waals surface area contributed by atoms with E-state index in [0.717, 1.165) is 47.9 Å². The molecule has 0 aliphatic carbocycles. The molecule has 0 saturated carbocycles. The topological polar surface area (TPSA) is 50.3 Å². The van der Waals surface area contributed by atoms with Gasteiger partial charge in [0, 0.05) is 41.1 Å². The number of anilines is 1. The van der Waals surface area contributed by atoms with E-state index >= 15 is 0 Å². The second-order valence-electron chi connectivity index (χ2n) is 6.20. The molecule has 1 aromatic carbocycles. The Hall–Kier alpha value is -1.66. The molecule has 1 atom stereocenters. The number of aromatic nitrogens is 2. The highest BCUT2D eigenvalue weighted by atomic mass is 79.9. The summed E-state index contributed by atoms with van der Waals surface area (Å²) in [5.74, 6) is 1.66. The largest absolute Gasteiger partial charge is 0.496 e. The molecule has 1 aliphatic heterocycles. The van der Waals surface area contributed by atoms with Crippen molar-refractivity contribution in [2.24, 2.45) is 0 Å². The van der Waals surface area contributed by atoms with Gasteiger partial charge in [0.15, 0.2) is 0 Å². The number of likely N-dealkylation sites (tertiary alicyclic amines) is 1. The summed E-state index contributed by atoms with van der Waals surface area (Å²) in [6.45, 7) is 4.95. The Morgan fingerprint density at radius 2 is 2.25 bits per heavy atom. The quantitative estimate of drug-likeness (QED) is 0.844. The van der Waals surface area contributed by atoms with Crippen molar-refractivity contribution in [2.45, 2.75) is 32.4 Å². The van der Waals surface area contributed by atoms with Crippen LogP contribution in [-0.4, -0.2) is 41.1 Å². The molecule has 3 rings (SSSR count). The lowest BCUT2D eigenvalue weighted by Gasteiger charge is -2.33. The van der Waals surface area contributed by atoms with Crippen LogP contribution in [0.5, 0.6) is 5.75 Å². The number of nitrogens with one attached hydrogen (secondary N) is 1. The third kappa shape index (κ3) is 4.45. The molecular weight excluding hydrogens is 368 g/mol. The maximum absolute atomic E-state index is 5.49. The molecule has 0 radical (unpaired) electrons. The van der Waals surface area contributed by atoms with Crippen LogP contribution < -0.4 is 10.1 Å². The van der Waals surface area contributed by atoms with Crippen molar-refractivity contribution in [3.05, 3.63) is 46.2 Å². The first-order chi connectivity index (χ1) is 11.6. The van der Waals surface area contributed by atoms with E-state index in [9.17, 15) is 0 Å². The third-order valence-electron chi connectivity index (χ3n) is 4.27. The van der Waals surface area contributed by atoms with Gasteiger partial charge in [0.25, 0.3) is 0 Å². The Kier molecular flexibility index (Phi) is 5.68. The van der Waals surface area contributed by atoms with E-state index in [-0.39, 0.29) is 0 Å². The summed E-state index contributed by atoms with van der Waals surface area (Å²) in [7, 11) is 1.72. The van der Waals surface area contributed by atoms with Crippen molar-refractivity contribution < 1.29 is 4.74 Å². The van der Waals surface area contributed by atoms with Crippen LogP contribution in [0.2, 0.25) is 0 Å².